The molecule has 2 N–H and O–H groups in total. The van der Waals surface area contributed by atoms with Crippen LogP contribution in [0.25, 0.3) is 0 Å². The van der Waals surface area contributed by atoms with Gasteiger partial charge in [-0.25, -0.2) is 0 Å². The van der Waals surface area contributed by atoms with E-state index in [-0.39, 0.29) is 0 Å². The molecular weight excluding hydrogens is 142 g/mol. The molecule has 11 heavy (non-hydrogen) atoms. The highest BCUT2D eigenvalue weighted by atomic mass is 15.3. The minimum absolute atomic E-state index is 0.620. The lowest BCUT2D eigenvalue weighted by Crippen LogP contribution is -2.15. The molecular formula is C6H15N5. The average Bonchev–Trinajstić information content (AvgIpc) is 1.87. The van der Waals surface area contributed by atoms with Crippen molar-refractivity contribution in [3.05, 3.63) is 0 Å². The first-order chi connectivity index (χ1) is 5.16. The zero-order valence-electron chi connectivity index (χ0n) is 7.28. The Bertz CT molecular complexity index is 149. The summed E-state index contributed by atoms with van der Waals surface area (Å²) in [6.45, 7) is 3.42. The van der Waals surface area contributed by atoms with Crippen LogP contribution >= 0.6 is 0 Å². The van der Waals surface area contributed by atoms with Crippen LogP contribution in [0.3, 0.4) is 0 Å². The summed E-state index contributed by atoms with van der Waals surface area (Å²) in [4.78, 5) is 6.14. The van der Waals surface area contributed by atoms with Gasteiger partial charge in [0.15, 0.2) is 0 Å². The van der Waals surface area contributed by atoms with Crippen LogP contribution < -0.4 is 5.84 Å². The molecule has 5 nitrogen and oxygen atoms in total. The number of hydrogen-bond acceptors (Lipinski definition) is 3. The fraction of sp³-hybridized carbons (Fsp3) is 0.833. The van der Waals surface area contributed by atoms with Gasteiger partial charge in [-0.3, -0.25) is 4.99 Å². The number of aliphatic imine (C=N–C) groups is 1. The molecule has 0 atom stereocenters. The van der Waals surface area contributed by atoms with Crippen molar-refractivity contribution in [1.82, 2.24) is 4.90 Å². The molecule has 0 rings (SSSR count). The Hall–Kier alpha value is -0.970. The molecule has 0 heterocycles. The standard InChI is InChI=1S/C6H15N5/c1-6(9-10-7)8-4-5-11(2)3/h4-5H2,1-3H3,(H2,7,8,9). The zero-order chi connectivity index (χ0) is 8.69. The minimum atomic E-state index is 0.620. The van der Waals surface area contributed by atoms with E-state index in [1.807, 2.05) is 14.1 Å². The van der Waals surface area contributed by atoms with Gasteiger partial charge in [0, 0.05) is 6.54 Å². The van der Waals surface area contributed by atoms with E-state index in [4.69, 9.17) is 5.84 Å². The lowest BCUT2D eigenvalue weighted by atomic mass is 10.6. The molecule has 0 fully saturated rings. The van der Waals surface area contributed by atoms with Gasteiger partial charge in [0.25, 0.3) is 0 Å². The molecule has 0 radical (unpaired) electrons. The van der Waals surface area contributed by atoms with Crippen LogP contribution in [-0.2, 0) is 0 Å². The number of amidine groups is 1. The van der Waals surface area contributed by atoms with Crippen molar-refractivity contribution in [3.63, 3.8) is 0 Å². The van der Waals surface area contributed by atoms with E-state index in [0.717, 1.165) is 13.1 Å². The highest BCUT2D eigenvalue weighted by Crippen LogP contribution is 1.82. The van der Waals surface area contributed by atoms with E-state index >= 15 is 0 Å². The Kier molecular flexibility index (Phi) is 5.28. The number of nitrogens with zero attached hydrogens (tertiary/aromatic N) is 4. The number of rotatable bonds is 3. The quantitative estimate of drug-likeness (QED) is 0.210. The molecule has 0 aliphatic heterocycles. The monoisotopic (exact) mass is 157 g/mol. The van der Waals surface area contributed by atoms with Gasteiger partial charge >= 0.3 is 0 Å². The molecule has 0 unspecified atom stereocenters. The maximum atomic E-state index is 4.83. The fourth-order valence-electron chi connectivity index (χ4n) is 0.527. The Morgan fingerprint density at radius 1 is 1.45 bits per heavy atom. The third-order valence-corrected chi connectivity index (χ3v) is 1.09. The molecule has 0 bridgehead atoms. The minimum Gasteiger partial charge on any atom is -0.308 e. The average molecular weight is 157 g/mol. The van der Waals surface area contributed by atoms with Crippen molar-refractivity contribution >= 4 is 5.84 Å². The predicted octanol–water partition coefficient (Wildman–Crippen LogP) is 0.292. The maximum Gasteiger partial charge on any atom is 0.144 e. The number of hydrogen-bond donors (Lipinski definition) is 1. The smallest absolute Gasteiger partial charge is 0.144 e. The summed E-state index contributed by atoms with van der Waals surface area (Å²) in [6.07, 6.45) is 0. The number of nitrogens with two attached hydrogens (primary N) is 1. The summed E-state index contributed by atoms with van der Waals surface area (Å²) >= 11 is 0. The molecule has 0 aromatic heterocycles. The van der Waals surface area contributed by atoms with Gasteiger partial charge in [-0.2, -0.15) is 0 Å². The van der Waals surface area contributed by atoms with Crippen LogP contribution in [0.15, 0.2) is 15.3 Å². The van der Waals surface area contributed by atoms with Gasteiger partial charge < -0.3 is 10.7 Å². The summed E-state index contributed by atoms with van der Waals surface area (Å²) in [5.41, 5.74) is 0. The first-order valence-corrected chi connectivity index (χ1v) is 3.43. The second-order valence-electron chi connectivity index (χ2n) is 2.45. The Labute approximate surface area is 67.0 Å². The molecule has 64 valence electrons. The summed E-state index contributed by atoms with van der Waals surface area (Å²) in [5.74, 6) is 5.45. The largest absolute Gasteiger partial charge is 0.308 e. The van der Waals surface area contributed by atoms with E-state index in [0.29, 0.717) is 5.84 Å². The van der Waals surface area contributed by atoms with Crippen molar-refractivity contribution in [1.29, 1.82) is 0 Å². The van der Waals surface area contributed by atoms with Crippen LogP contribution in [0, 0.1) is 0 Å². The molecule has 0 saturated heterocycles. The molecule has 5 heteroatoms. The molecule has 0 aromatic rings. The van der Waals surface area contributed by atoms with Crippen molar-refractivity contribution in [3.8, 4) is 0 Å². The van der Waals surface area contributed by atoms with Crippen molar-refractivity contribution in [2.75, 3.05) is 27.2 Å². The SMILES string of the molecule is CC(N=NN)=NCCN(C)C. The van der Waals surface area contributed by atoms with Gasteiger partial charge in [-0.15, -0.1) is 5.11 Å². The summed E-state index contributed by atoms with van der Waals surface area (Å²) in [6, 6.07) is 0. The van der Waals surface area contributed by atoms with Gasteiger partial charge in [-0.05, 0) is 21.0 Å². The molecule has 0 saturated carbocycles. The molecule has 0 amide bonds. The summed E-state index contributed by atoms with van der Waals surface area (Å²) in [7, 11) is 3.99. The van der Waals surface area contributed by atoms with Crippen LogP contribution in [-0.4, -0.2) is 37.9 Å². The molecule has 0 aliphatic carbocycles. The third kappa shape index (κ3) is 6.92. The second kappa shape index (κ2) is 5.79. The summed E-state index contributed by atoms with van der Waals surface area (Å²) in [5, 5.41) is 6.67. The highest BCUT2D eigenvalue weighted by molar-refractivity contribution is 5.79. The molecule has 0 spiro atoms. The van der Waals surface area contributed by atoms with Gasteiger partial charge in [0.2, 0.25) is 0 Å². The van der Waals surface area contributed by atoms with Crippen LogP contribution in [0.5, 0.6) is 0 Å². The summed E-state index contributed by atoms with van der Waals surface area (Å²) < 4.78 is 0. The molecule has 0 aliphatic rings. The van der Waals surface area contributed by atoms with Crippen molar-refractivity contribution < 1.29 is 0 Å². The predicted molar refractivity (Wildman–Crippen MR) is 45.6 cm³/mol. The maximum absolute atomic E-state index is 4.83. The van der Waals surface area contributed by atoms with Crippen LogP contribution in [0.4, 0.5) is 0 Å². The molecule has 0 aromatic carbocycles. The van der Waals surface area contributed by atoms with E-state index in [1.165, 1.54) is 0 Å². The van der Waals surface area contributed by atoms with E-state index in [1.54, 1.807) is 6.92 Å². The van der Waals surface area contributed by atoms with Crippen molar-refractivity contribution in [2.24, 2.45) is 21.2 Å². The first kappa shape index (κ1) is 10.0. The second-order valence-corrected chi connectivity index (χ2v) is 2.45. The van der Waals surface area contributed by atoms with Crippen LogP contribution in [0.1, 0.15) is 6.92 Å². The topological polar surface area (TPSA) is 66.3 Å². The zero-order valence-corrected chi connectivity index (χ0v) is 7.28. The van der Waals surface area contributed by atoms with E-state index in [9.17, 15) is 0 Å². The van der Waals surface area contributed by atoms with Crippen molar-refractivity contribution in [2.45, 2.75) is 6.92 Å². The van der Waals surface area contributed by atoms with Gasteiger partial charge in [-0.1, -0.05) is 5.22 Å². The Morgan fingerprint density at radius 2 is 2.09 bits per heavy atom. The highest BCUT2D eigenvalue weighted by Gasteiger charge is 1.88. The van der Waals surface area contributed by atoms with E-state index < -0.39 is 0 Å². The first-order valence-electron chi connectivity index (χ1n) is 3.43. The van der Waals surface area contributed by atoms with Gasteiger partial charge in [0.1, 0.15) is 5.84 Å². The number of likely N-dealkylation sites (N-methyl/N-ethyl adjacent to an activating group) is 1. The van der Waals surface area contributed by atoms with Gasteiger partial charge in [0.05, 0.1) is 6.54 Å². The normalized spacial score (nSPS) is 13.3. The Balaban J connectivity index is 3.56. The third-order valence-electron chi connectivity index (χ3n) is 1.09. The lowest BCUT2D eigenvalue weighted by Gasteiger charge is -2.05. The fourth-order valence-corrected chi connectivity index (χ4v) is 0.527. The van der Waals surface area contributed by atoms with E-state index in [2.05, 4.69) is 20.2 Å². The Morgan fingerprint density at radius 3 is 2.55 bits per heavy atom. The van der Waals surface area contributed by atoms with Crippen LogP contribution in [0.2, 0.25) is 0 Å². The lowest BCUT2D eigenvalue weighted by molar-refractivity contribution is 0.420.